The zero-order chi connectivity index (χ0) is 7.49. The predicted molar refractivity (Wildman–Crippen MR) is 38.2 cm³/mol. The molecule has 1 N–H and O–H groups in total. The van der Waals surface area contributed by atoms with Crippen molar-refractivity contribution in [1.29, 1.82) is 4.78 Å². The first-order valence-electron chi connectivity index (χ1n) is 2.37. The van der Waals surface area contributed by atoms with Crippen LogP contribution in [0.2, 0.25) is 0 Å². The molecule has 0 saturated carbocycles. The monoisotopic (exact) mass is 146 g/mol. The Labute approximate surface area is 56.2 Å². The summed E-state index contributed by atoms with van der Waals surface area (Å²) in [5.74, 6) is 2.30. The van der Waals surface area contributed by atoms with Crippen LogP contribution in [-0.4, -0.2) is 28.4 Å². The zero-order valence-electron chi connectivity index (χ0n) is 5.55. The van der Waals surface area contributed by atoms with E-state index in [4.69, 9.17) is 11.2 Å². The highest BCUT2D eigenvalue weighted by molar-refractivity contribution is 7.89. The molecule has 0 aliphatic carbocycles. The van der Waals surface area contributed by atoms with Gasteiger partial charge in [0, 0.05) is 13.3 Å². The van der Waals surface area contributed by atoms with Crippen LogP contribution in [0.15, 0.2) is 0 Å². The third-order valence-corrected chi connectivity index (χ3v) is 2.23. The Morgan fingerprint density at radius 1 is 1.89 bits per heavy atom. The maximum absolute atomic E-state index is 10.8. The van der Waals surface area contributed by atoms with Crippen molar-refractivity contribution in [3.63, 3.8) is 0 Å². The standard InChI is InChI=1S/C5H10N2OS/c1-4-5-7(2)9(3,6)8/h1,6H,5H2,2-3H3. The lowest BCUT2D eigenvalue weighted by Crippen LogP contribution is -2.24. The van der Waals surface area contributed by atoms with Crippen molar-refractivity contribution in [2.75, 3.05) is 19.8 Å². The van der Waals surface area contributed by atoms with Crippen LogP contribution in [0.1, 0.15) is 0 Å². The maximum Gasteiger partial charge on any atom is 0.105 e. The van der Waals surface area contributed by atoms with Crippen LogP contribution < -0.4 is 0 Å². The van der Waals surface area contributed by atoms with E-state index >= 15 is 0 Å². The van der Waals surface area contributed by atoms with Crippen LogP contribution in [0, 0.1) is 17.1 Å². The molecule has 1 unspecified atom stereocenters. The van der Waals surface area contributed by atoms with Crippen molar-refractivity contribution in [3.05, 3.63) is 0 Å². The molecule has 0 aliphatic rings. The minimum atomic E-state index is -2.57. The van der Waals surface area contributed by atoms with E-state index in [0.717, 1.165) is 0 Å². The lowest BCUT2D eigenvalue weighted by molar-refractivity contribution is 0.568. The van der Waals surface area contributed by atoms with Crippen molar-refractivity contribution >= 4 is 9.92 Å². The Morgan fingerprint density at radius 2 is 2.33 bits per heavy atom. The summed E-state index contributed by atoms with van der Waals surface area (Å²) < 4.78 is 19.1. The summed E-state index contributed by atoms with van der Waals surface area (Å²) in [7, 11) is -1.01. The molecule has 9 heavy (non-hydrogen) atoms. The Bertz CT molecular complexity index is 212. The van der Waals surface area contributed by atoms with Gasteiger partial charge in [-0.1, -0.05) is 5.92 Å². The number of rotatable bonds is 2. The second-order valence-corrected chi connectivity index (χ2v) is 4.02. The Balaban J connectivity index is 4.10. The van der Waals surface area contributed by atoms with Crippen LogP contribution in [0.4, 0.5) is 0 Å². The molecule has 0 aromatic rings. The zero-order valence-corrected chi connectivity index (χ0v) is 6.36. The minimum absolute atomic E-state index is 0.263. The van der Waals surface area contributed by atoms with Gasteiger partial charge in [-0.25, -0.2) is 13.3 Å². The smallest absolute Gasteiger partial charge is 0.105 e. The predicted octanol–water partition coefficient (Wildman–Crippen LogP) is 0.143. The summed E-state index contributed by atoms with van der Waals surface area (Å²) in [6.45, 7) is 0.263. The van der Waals surface area contributed by atoms with Gasteiger partial charge in [0.05, 0.1) is 6.54 Å². The van der Waals surface area contributed by atoms with Gasteiger partial charge in [0.1, 0.15) is 9.92 Å². The second-order valence-electron chi connectivity index (χ2n) is 1.79. The van der Waals surface area contributed by atoms with Crippen LogP contribution in [0.25, 0.3) is 0 Å². The van der Waals surface area contributed by atoms with Gasteiger partial charge in [-0.2, -0.15) is 0 Å². The molecule has 0 aromatic carbocycles. The van der Waals surface area contributed by atoms with E-state index in [9.17, 15) is 4.21 Å². The molecule has 3 nitrogen and oxygen atoms in total. The number of nitrogens with one attached hydrogen (secondary N) is 1. The molecular formula is C5H10N2OS. The molecule has 4 heteroatoms. The number of hydrogen-bond acceptors (Lipinski definition) is 2. The molecule has 0 amide bonds. The number of hydrogen-bond donors (Lipinski definition) is 1. The van der Waals surface area contributed by atoms with E-state index in [-0.39, 0.29) is 6.54 Å². The Hall–Kier alpha value is -0.530. The van der Waals surface area contributed by atoms with Gasteiger partial charge in [-0.15, -0.1) is 6.42 Å². The summed E-state index contributed by atoms with van der Waals surface area (Å²) in [6.07, 6.45) is 6.26. The fourth-order valence-corrected chi connectivity index (χ4v) is 0.573. The van der Waals surface area contributed by atoms with E-state index < -0.39 is 9.92 Å². The Kier molecular flexibility index (Phi) is 2.68. The molecule has 0 aromatic heterocycles. The summed E-state index contributed by atoms with van der Waals surface area (Å²) in [5.41, 5.74) is 0. The van der Waals surface area contributed by atoms with E-state index in [2.05, 4.69) is 5.92 Å². The van der Waals surface area contributed by atoms with Gasteiger partial charge in [-0.05, 0) is 0 Å². The first-order chi connectivity index (χ1) is 3.98. The normalized spacial score (nSPS) is 16.7. The first kappa shape index (κ1) is 8.47. The highest BCUT2D eigenvalue weighted by atomic mass is 32.2. The molecule has 52 valence electrons. The molecule has 0 bridgehead atoms. The molecule has 1 atom stereocenters. The van der Waals surface area contributed by atoms with Gasteiger partial charge >= 0.3 is 0 Å². The van der Waals surface area contributed by atoms with E-state index in [1.54, 1.807) is 7.05 Å². The molecule has 0 fully saturated rings. The molecule has 0 radical (unpaired) electrons. The topological polar surface area (TPSA) is 44.2 Å². The summed E-state index contributed by atoms with van der Waals surface area (Å²) in [6, 6.07) is 0. The number of nitrogens with zero attached hydrogens (tertiary/aromatic N) is 1. The van der Waals surface area contributed by atoms with Crippen molar-refractivity contribution in [3.8, 4) is 12.3 Å². The second kappa shape index (κ2) is 2.85. The molecule has 0 spiro atoms. The van der Waals surface area contributed by atoms with Gasteiger partial charge in [0.2, 0.25) is 0 Å². The van der Waals surface area contributed by atoms with Crippen molar-refractivity contribution in [2.45, 2.75) is 0 Å². The van der Waals surface area contributed by atoms with Gasteiger partial charge in [-0.3, -0.25) is 0 Å². The van der Waals surface area contributed by atoms with E-state index in [0.29, 0.717) is 0 Å². The molecule has 0 aliphatic heterocycles. The average molecular weight is 146 g/mol. The average Bonchev–Trinajstić information content (AvgIpc) is 1.64. The minimum Gasteiger partial charge on any atom is -0.240 e. The van der Waals surface area contributed by atoms with Crippen molar-refractivity contribution < 1.29 is 4.21 Å². The molecule has 0 heterocycles. The van der Waals surface area contributed by atoms with Gasteiger partial charge in [0.15, 0.2) is 0 Å². The van der Waals surface area contributed by atoms with Crippen molar-refractivity contribution in [1.82, 2.24) is 4.31 Å². The van der Waals surface area contributed by atoms with Gasteiger partial charge in [0.25, 0.3) is 0 Å². The lowest BCUT2D eigenvalue weighted by atomic mass is 10.7. The van der Waals surface area contributed by atoms with E-state index in [1.807, 2.05) is 0 Å². The molecule has 0 saturated heterocycles. The van der Waals surface area contributed by atoms with Gasteiger partial charge < -0.3 is 0 Å². The lowest BCUT2D eigenvalue weighted by Gasteiger charge is -2.11. The third kappa shape index (κ3) is 3.12. The summed E-state index contributed by atoms with van der Waals surface area (Å²) in [4.78, 5) is 0. The number of terminal acetylenes is 1. The van der Waals surface area contributed by atoms with Crippen LogP contribution >= 0.6 is 0 Å². The van der Waals surface area contributed by atoms with Crippen molar-refractivity contribution in [2.24, 2.45) is 0 Å². The third-order valence-electron chi connectivity index (χ3n) is 0.909. The van der Waals surface area contributed by atoms with Crippen LogP contribution in [0.5, 0.6) is 0 Å². The molecule has 0 rings (SSSR count). The highest BCUT2D eigenvalue weighted by Gasteiger charge is 2.02. The quantitative estimate of drug-likeness (QED) is 0.553. The fourth-order valence-electron chi connectivity index (χ4n) is 0.252. The molecular weight excluding hydrogens is 136 g/mol. The summed E-state index contributed by atoms with van der Waals surface area (Å²) >= 11 is 0. The largest absolute Gasteiger partial charge is 0.240 e. The van der Waals surface area contributed by atoms with Crippen LogP contribution in [-0.2, 0) is 9.92 Å². The SMILES string of the molecule is C#CCN(C)S(C)(=N)=O. The maximum atomic E-state index is 10.8. The highest BCUT2D eigenvalue weighted by Crippen LogP contribution is 1.90. The van der Waals surface area contributed by atoms with E-state index in [1.165, 1.54) is 10.6 Å². The summed E-state index contributed by atoms with van der Waals surface area (Å²) in [5, 5.41) is 0. The van der Waals surface area contributed by atoms with Crippen LogP contribution in [0.3, 0.4) is 0 Å². The first-order valence-corrected chi connectivity index (χ1v) is 4.29. The Morgan fingerprint density at radius 3 is 2.44 bits per heavy atom. The fraction of sp³-hybridized carbons (Fsp3) is 0.600.